The molecule has 6 heteroatoms. The highest BCUT2D eigenvalue weighted by molar-refractivity contribution is 7.99. The molecule has 1 saturated carbocycles. The zero-order chi connectivity index (χ0) is 16.2. The third kappa shape index (κ3) is 4.14. The van der Waals surface area contributed by atoms with E-state index in [9.17, 15) is 9.59 Å². The van der Waals surface area contributed by atoms with Crippen LogP contribution in [0.3, 0.4) is 0 Å². The Morgan fingerprint density at radius 3 is 2.57 bits per heavy atom. The SMILES string of the molecule is CSC1CCCC(NC(=O)N2CCC(N3CCCC3=O)CC2)C1. The van der Waals surface area contributed by atoms with Crippen LogP contribution in [0, 0.1) is 0 Å². The van der Waals surface area contributed by atoms with Crippen LogP contribution in [0.2, 0.25) is 0 Å². The summed E-state index contributed by atoms with van der Waals surface area (Å²) in [5.41, 5.74) is 0. The van der Waals surface area contributed by atoms with Gasteiger partial charge in [0.15, 0.2) is 0 Å². The second-order valence-electron chi connectivity index (χ2n) is 7.08. The van der Waals surface area contributed by atoms with Gasteiger partial charge in [-0.3, -0.25) is 4.79 Å². The van der Waals surface area contributed by atoms with Crippen LogP contribution in [-0.4, -0.2) is 65.0 Å². The quantitative estimate of drug-likeness (QED) is 0.859. The Bertz CT molecular complexity index is 438. The van der Waals surface area contributed by atoms with E-state index in [2.05, 4.69) is 11.6 Å². The van der Waals surface area contributed by atoms with Crippen molar-refractivity contribution in [2.45, 2.75) is 68.7 Å². The van der Waals surface area contributed by atoms with Gasteiger partial charge in [-0.2, -0.15) is 11.8 Å². The molecule has 23 heavy (non-hydrogen) atoms. The fourth-order valence-corrected chi connectivity index (χ4v) is 5.02. The standard InChI is InChI=1S/C17H29N3O2S/c1-23-15-5-2-4-13(12-15)18-17(22)19-10-7-14(8-11-19)20-9-3-6-16(20)21/h13-15H,2-12H2,1H3,(H,18,22). The van der Waals surface area contributed by atoms with Gasteiger partial charge in [0.25, 0.3) is 0 Å². The Kier molecular flexibility index (Phi) is 5.72. The topological polar surface area (TPSA) is 52.7 Å². The minimum Gasteiger partial charge on any atom is -0.340 e. The van der Waals surface area contributed by atoms with E-state index in [1.54, 1.807) is 0 Å². The van der Waals surface area contributed by atoms with E-state index < -0.39 is 0 Å². The van der Waals surface area contributed by atoms with Crippen LogP contribution in [0.25, 0.3) is 0 Å². The van der Waals surface area contributed by atoms with Gasteiger partial charge in [-0.1, -0.05) is 6.42 Å². The molecular formula is C17H29N3O2S. The van der Waals surface area contributed by atoms with Crippen molar-refractivity contribution in [3.63, 3.8) is 0 Å². The molecular weight excluding hydrogens is 310 g/mol. The molecule has 0 bridgehead atoms. The van der Waals surface area contributed by atoms with Crippen molar-refractivity contribution < 1.29 is 9.59 Å². The van der Waals surface area contributed by atoms with Gasteiger partial charge < -0.3 is 15.1 Å². The molecule has 1 N–H and O–H groups in total. The van der Waals surface area contributed by atoms with Crippen LogP contribution in [0.15, 0.2) is 0 Å². The highest BCUT2D eigenvalue weighted by Crippen LogP contribution is 2.27. The molecule has 0 radical (unpaired) electrons. The summed E-state index contributed by atoms with van der Waals surface area (Å²) >= 11 is 1.92. The second kappa shape index (κ2) is 7.77. The molecule has 2 saturated heterocycles. The highest BCUT2D eigenvalue weighted by atomic mass is 32.2. The number of hydrogen-bond acceptors (Lipinski definition) is 3. The first kappa shape index (κ1) is 16.9. The van der Waals surface area contributed by atoms with Crippen LogP contribution in [-0.2, 0) is 4.79 Å². The number of nitrogens with one attached hydrogen (secondary N) is 1. The monoisotopic (exact) mass is 339 g/mol. The second-order valence-corrected chi connectivity index (χ2v) is 8.22. The lowest BCUT2D eigenvalue weighted by molar-refractivity contribution is -0.130. The molecule has 2 heterocycles. The Labute approximate surface area is 143 Å². The van der Waals surface area contributed by atoms with E-state index in [-0.39, 0.29) is 6.03 Å². The summed E-state index contributed by atoms with van der Waals surface area (Å²) < 4.78 is 0. The van der Waals surface area contributed by atoms with Crippen molar-refractivity contribution in [1.29, 1.82) is 0 Å². The first-order valence-electron chi connectivity index (χ1n) is 9.05. The number of rotatable bonds is 3. The van der Waals surface area contributed by atoms with Gasteiger partial charge >= 0.3 is 6.03 Å². The van der Waals surface area contributed by atoms with Crippen molar-refractivity contribution in [2.24, 2.45) is 0 Å². The van der Waals surface area contributed by atoms with Gasteiger partial charge in [-0.15, -0.1) is 0 Å². The maximum atomic E-state index is 12.5. The number of thioether (sulfide) groups is 1. The summed E-state index contributed by atoms with van der Waals surface area (Å²) in [5.74, 6) is 0.304. The smallest absolute Gasteiger partial charge is 0.317 e. The van der Waals surface area contributed by atoms with Gasteiger partial charge in [0.1, 0.15) is 0 Å². The number of nitrogens with zero attached hydrogens (tertiary/aromatic N) is 2. The number of piperidine rings is 1. The lowest BCUT2D eigenvalue weighted by atomic mass is 9.95. The van der Waals surface area contributed by atoms with Gasteiger partial charge in [0.05, 0.1) is 0 Å². The minimum absolute atomic E-state index is 0.1000. The Morgan fingerprint density at radius 1 is 1.13 bits per heavy atom. The van der Waals surface area contributed by atoms with Crippen molar-refractivity contribution in [3.8, 4) is 0 Å². The molecule has 2 atom stereocenters. The summed E-state index contributed by atoms with van der Waals surface area (Å²) in [5, 5.41) is 3.93. The molecule has 3 amide bonds. The molecule has 1 aliphatic carbocycles. The highest BCUT2D eigenvalue weighted by Gasteiger charge is 2.32. The molecule has 3 fully saturated rings. The van der Waals surface area contributed by atoms with E-state index in [0.717, 1.165) is 51.7 Å². The third-order valence-electron chi connectivity index (χ3n) is 5.59. The Balaban J connectivity index is 1.44. The van der Waals surface area contributed by atoms with Gasteiger partial charge in [-0.05, 0) is 44.8 Å². The van der Waals surface area contributed by atoms with Crippen molar-refractivity contribution in [3.05, 3.63) is 0 Å². The van der Waals surface area contributed by atoms with Crippen LogP contribution >= 0.6 is 11.8 Å². The summed E-state index contributed by atoms with van der Waals surface area (Å²) in [6.45, 7) is 2.46. The average molecular weight is 340 g/mol. The molecule has 3 rings (SSSR count). The number of amides is 3. The van der Waals surface area contributed by atoms with E-state index in [1.165, 1.54) is 12.8 Å². The lowest BCUT2D eigenvalue weighted by Gasteiger charge is -2.38. The molecule has 0 aromatic heterocycles. The summed E-state index contributed by atoms with van der Waals surface area (Å²) in [6.07, 6.45) is 10.4. The third-order valence-corrected chi connectivity index (χ3v) is 6.68. The molecule has 2 unspecified atom stereocenters. The van der Waals surface area contributed by atoms with Gasteiger partial charge in [0, 0.05) is 43.4 Å². The number of urea groups is 1. The zero-order valence-corrected chi connectivity index (χ0v) is 14.9. The van der Waals surface area contributed by atoms with Crippen molar-refractivity contribution in [2.75, 3.05) is 25.9 Å². The Hall–Kier alpha value is -0.910. The predicted molar refractivity (Wildman–Crippen MR) is 93.6 cm³/mol. The predicted octanol–water partition coefficient (Wildman–Crippen LogP) is 2.46. The Morgan fingerprint density at radius 2 is 1.91 bits per heavy atom. The first-order valence-corrected chi connectivity index (χ1v) is 10.3. The normalized spacial score (nSPS) is 29.9. The van der Waals surface area contributed by atoms with E-state index in [0.29, 0.717) is 29.7 Å². The van der Waals surface area contributed by atoms with Gasteiger partial charge in [-0.25, -0.2) is 4.79 Å². The molecule has 2 aliphatic heterocycles. The molecule has 130 valence electrons. The number of hydrogen-bond donors (Lipinski definition) is 1. The summed E-state index contributed by atoms with van der Waals surface area (Å²) in [4.78, 5) is 28.3. The average Bonchev–Trinajstić information content (AvgIpc) is 3.01. The van der Waals surface area contributed by atoms with Crippen LogP contribution < -0.4 is 5.32 Å². The number of carbonyl (C=O) groups is 2. The maximum Gasteiger partial charge on any atom is 0.317 e. The van der Waals surface area contributed by atoms with E-state index in [1.807, 2.05) is 21.6 Å². The van der Waals surface area contributed by atoms with Crippen LogP contribution in [0.1, 0.15) is 51.4 Å². The molecule has 0 spiro atoms. The molecule has 0 aromatic carbocycles. The number of carbonyl (C=O) groups excluding carboxylic acids is 2. The van der Waals surface area contributed by atoms with Crippen molar-refractivity contribution in [1.82, 2.24) is 15.1 Å². The summed E-state index contributed by atoms with van der Waals surface area (Å²) in [7, 11) is 0. The first-order chi connectivity index (χ1) is 11.2. The van der Waals surface area contributed by atoms with E-state index >= 15 is 0 Å². The minimum atomic E-state index is 0.1000. The molecule has 0 aromatic rings. The number of likely N-dealkylation sites (tertiary alicyclic amines) is 2. The zero-order valence-electron chi connectivity index (χ0n) is 14.1. The van der Waals surface area contributed by atoms with E-state index in [4.69, 9.17) is 0 Å². The van der Waals surface area contributed by atoms with Crippen LogP contribution in [0.5, 0.6) is 0 Å². The molecule has 3 aliphatic rings. The summed E-state index contributed by atoms with van der Waals surface area (Å²) in [6, 6.07) is 0.791. The lowest BCUT2D eigenvalue weighted by Crippen LogP contribution is -2.52. The molecule has 5 nitrogen and oxygen atoms in total. The fraction of sp³-hybridized carbons (Fsp3) is 0.882. The fourth-order valence-electron chi connectivity index (χ4n) is 4.19. The van der Waals surface area contributed by atoms with Crippen LogP contribution in [0.4, 0.5) is 4.79 Å². The maximum absolute atomic E-state index is 12.5. The van der Waals surface area contributed by atoms with Gasteiger partial charge in [0.2, 0.25) is 5.91 Å². The van der Waals surface area contributed by atoms with Crippen molar-refractivity contribution >= 4 is 23.7 Å². The largest absolute Gasteiger partial charge is 0.340 e.